The number of carbonyl (C=O) groups is 1. The van der Waals surface area contributed by atoms with Crippen LogP contribution in [-0.4, -0.2) is 64.4 Å². The summed E-state index contributed by atoms with van der Waals surface area (Å²) in [6.07, 6.45) is -6.00. The van der Waals surface area contributed by atoms with Gasteiger partial charge in [-0.25, -0.2) is 0 Å². The Kier molecular flexibility index (Phi) is 6.04. The van der Waals surface area contributed by atoms with Crippen molar-refractivity contribution >= 4 is 16.7 Å². The topological polar surface area (TPSA) is 119 Å². The number of ether oxygens (including phenoxy) is 1. The van der Waals surface area contributed by atoms with Crippen molar-refractivity contribution in [1.29, 1.82) is 0 Å². The van der Waals surface area contributed by atoms with Crippen molar-refractivity contribution in [3.63, 3.8) is 0 Å². The van der Waals surface area contributed by atoms with Crippen LogP contribution in [0.4, 0.5) is 0 Å². The second-order valence-electron chi connectivity index (χ2n) is 7.70. The summed E-state index contributed by atoms with van der Waals surface area (Å²) in [5, 5.41) is 44.4. The zero-order valence-corrected chi connectivity index (χ0v) is 17.0. The molecule has 5 N–H and O–H groups in total. The van der Waals surface area contributed by atoms with E-state index in [1.807, 2.05) is 48.5 Å². The molecule has 3 aromatic rings. The molecule has 7 heteroatoms. The van der Waals surface area contributed by atoms with Crippen LogP contribution in [0.25, 0.3) is 21.9 Å². The van der Waals surface area contributed by atoms with E-state index in [2.05, 4.69) is 5.32 Å². The Labute approximate surface area is 179 Å². The molecule has 0 unspecified atom stereocenters. The third kappa shape index (κ3) is 3.94. The fourth-order valence-corrected chi connectivity index (χ4v) is 4.08. The van der Waals surface area contributed by atoms with Gasteiger partial charge in [0.1, 0.15) is 30.5 Å². The maximum absolute atomic E-state index is 12.0. The number of aliphatic hydroxyl groups excluding tert-OH is 4. The lowest BCUT2D eigenvalue weighted by Crippen LogP contribution is -2.55. The standard InChI is InChI=1S/C24H25NO6/c1-25-24(30)16-6-2-4-14(11-16)17-7-3-5-13-10-15(8-9-18(13)17)23-22(29)21(28)20(27)19(12-26)31-23/h2-11,19-23,26-29H,12H2,1H3,(H,25,30)/t19-,20-,21+,22-,23-/m1/s1. The Morgan fingerprint density at radius 3 is 2.48 bits per heavy atom. The molecule has 0 radical (unpaired) electrons. The highest BCUT2D eigenvalue weighted by molar-refractivity contribution is 5.99. The summed E-state index contributed by atoms with van der Waals surface area (Å²) < 4.78 is 5.68. The predicted octanol–water partition coefficient (Wildman–Crippen LogP) is 1.38. The zero-order valence-electron chi connectivity index (χ0n) is 17.0. The van der Waals surface area contributed by atoms with E-state index in [1.165, 1.54) is 0 Å². The van der Waals surface area contributed by atoms with Crippen LogP contribution in [0.3, 0.4) is 0 Å². The van der Waals surface area contributed by atoms with Crippen molar-refractivity contribution in [3.05, 3.63) is 71.8 Å². The molecule has 31 heavy (non-hydrogen) atoms. The van der Waals surface area contributed by atoms with E-state index in [4.69, 9.17) is 4.74 Å². The average molecular weight is 423 g/mol. The molecule has 0 aromatic heterocycles. The summed E-state index contributed by atoms with van der Waals surface area (Å²) in [5.41, 5.74) is 3.03. The van der Waals surface area contributed by atoms with E-state index in [1.54, 1.807) is 19.2 Å². The Morgan fingerprint density at radius 1 is 0.968 bits per heavy atom. The van der Waals surface area contributed by atoms with Crippen LogP contribution in [0.5, 0.6) is 0 Å². The molecular formula is C24H25NO6. The molecule has 4 rings (SSSR count). The van der Waals surface area contributed by atoms with E-state index >= 15 is 0 Å². The first kappa shape index (κ1) is 21.4. The molecule has 3 aromatic carbocycles. The highest BCUT2D eigenvalue weighted by Gasteiger charge is 2.43. The van der Waals surface area contributed by atoms with Gasteiger partial charge in [0.05, 0.1) is 6.61 Å². The van der Waals surface area contributed by atoms with Gasteiger partial charge in [-0.2, -0.15) is 0 Å². The van der Waals surface area contributed by atoms with Gasteiger partial charge in [-0.3, -0.25) is 4.79 Å². The number of hydrogen-bond donors (Lipinski definition) is 5. The lowest BCUT2D eigenvalue weighted by Gasteiger charge is -2.40. The van der Waals surface area contributed by atoms with Crippen molar-refractivity contribution in [3.8, 4) is 11.1 Å². The van der Waals surface area contributed by atoms with E-state index < -0.39 is 37.1 Å². The van der Waals surface area contributed by atoms with Crippen LogP contribution in [0.2, 0.25) is 0 Å². The molecule has 0 aliphatic carbocycles. The van der Waals surface area contributed by atoms with Crippen molar-refractivity contribution < 1.29 is 30.0 Å². The van der Waals surface area contributed by atoms with Crippen LogP contribution in [0.1, 0.15) is 22.0 Å². The van der Waals surface area contributed by atoms with Crippen LogP contribution >= 0.6 is 0 Å². The maximum atomic E-state index is 12.0. The monoisotopic (exact) mass is 423 g/mol. The molecule has 0 bridgehead atoms. The summed E-state index contributed by atoms with van der Waals surface area (Å²) in [6.45, 7) is -0.471. The Morgan fingerprint density at radius 2 is 1.74 bits per heavy atom. The summed E-state index contributed by atoms with van der Waals surface area (Å²) in [4.78, 5) is 12.0. The molecule has 1 saturated heterocycles. The molecule has 7 nitrogen and oxygen atoms in total. The molecule has 1 aliphatic heterocycles. The number of nitrogens with one attached hydrogen (secondary N) is 1. The van der Waals surface area contributed by atoms with E-state index in [0.717, 1.165) is 21.9 Å². The van der Waals surface area contributed by atoms with E-state index in [-0.39, 0.29) is 5.91 Å². The van der Waals surface area contributed by atoms with Gasteiger partial charge in [-0.05, 0) is 45.7 Å². The predicted molar refractivity (Wildman–Crippen MR) is 115 cm³/mol. The van der Waals surface area contributed by atoms with Crippen LogP contribution in [-0.2, 0) is 4.74 Å². The SMILES string of the molecule is CNC(=O)c1cccc(-c2cccc3cc([C@H]4O[C@H](CO)[C@@H](O)[C@H](O)[C@H]4O)ccc23)c1. The fourth-order valence-electron chi connectivity index (χ4n) is 4.08. The van der Waals surface area contributed by atoms with E-state index in [9.17, 15) is 25.2 Å². The van der Waals surface area contributed by atoms with E-state index in [0.29, 0.717) is 11.1 Å². The number of hydrogen-bond acceptors (Lipinski definition) is 6. The van der Waals surface area contributed by atoms with Crippen LogP contribution in [0, 0.1) is 0 Å². The molecule has 1 heterocycles. The van der Waals surface area contributed by atoms with Gasteiger partial charge in [-0.15, -0.1) is 0 Å². The number of aliphatic hydroxyl groups is 4. The maximum Gasteiger partial charge on any atom is 0.251 e. The van der Waals surface area contributed by atoms with Crippen LogP contribution in [0.15, 0.2) is 60.7 Å². The van der Waals surface area contributed by atoms with Crippen LogP contribution < -0.4 is 5.32 Å². The first-order valence-corrected chi connectivity index (χ1v) is 10.1. The van der Waals surface area contributed by atoms with Crippen molar-refractivity contribution in [2.45, 2.75) is 30.5 Å². The first-order chi connectivity index (χ1) is 14.9. The van der Waals surface area contributed by atoms with Gasteiger partial charge in [0.15, 0.2) is 0 Å². The Bertz CT molecular complexity index is 1100. The molecule has 0 saturated carbocycles. The second-order valence-corrected chi connectivity index (χ2v) is 7.70. The largest absolute Gasteiger partial charge is 0.394 e. The average Bonchev–Trinajstić information content (AvgIpc) is 2.81. The first-order valence-electron chi connectivity index (χ1n) is 10.1. The minimum absolute atomic E-state index is 0.160. The van der Waals surface area contributed by atoms with Gasteiger partial charge >= 0.3 is 0 Å². The summed E-state index contributed by atoms with van der Waals surface area (Å²) >= 11 is 0. The molecule has 1 fully saturated rings. The minimum atomic E-state index is -1.43. The normalized spacial score (nSPS) is 26.0. The Hall–Kier alpha value is -2.81. The molecular weight excluding hydrogens is 398 g/mol. The Balaban J connectivity index is 1.73. The summed E-state index contributed by atoms with van der Waals surface area (Å²) in [7, 11) is 1.59. The smallest absolute Gasteiger partial charge is 0.251 e. The van der Waals surface area contributed by atoms with Gasteiger partial charge in [0.2, 0.25) is 0 Å². The summed E-state index contributed by atoms with van der Waals surface area (Å²) in [6, 6.07) is 18.7. The molecule has 5 atom stereocenters. The lowest BCUT2D eigenvalue weighted by molar-refractivity contribution is -0.231. The number of benzene rings is 3. The van der Waals surface area contributed by atoms with Crippen molar-refractivity contribution in [2.75, 3.05) is 13.7 Å². The summed E-state index contributed by atoms with van der Waals surface area (Å²) in [5.74, 6) is -0.160. The third-order valence-electron chi connectivity index (χ3n) is 5.79. The van der Waals surface area contributed by atoms with Gasteiger partial charge in [0.25, 0.3) is 5.91 Å². The highest BCUT2D eigenvalue weighted by Crippen LogP contribution is 2.36. The van der Waals surface area contributed by atoms with Crippen molar-refractivity contribution in [2.24, 2.45) is 0 Å². The number of fused-ring (bicyclic) bond motifs is 1. The number of amides is 1. The second kappa shape index (κ2) is 8.74. The fraction of sp³-hybridized carbons (Fsp3) is 0.292. The number of carbonyl (C=O) groups excluding carboxylic acids is 1. The van der Waals surface area contributed by atoms with Gasteiger partial charge in [-0.1, -0.05) is 42.5 Å². The molecule has 162 valence electrons. The van der Waals surface area contributed by atoms with Gasteiger partial charge in [0, 0.05) is 12.6 Å². The minimum Gasteiger partial charge on any atom is -0.394 e. The zero-order chi connectivity index (χ0) is 22.1. The molecule has 0 spiro atoms. The quantitative estimate of drug-likeness (QED) is 0.433. The highest BCUT2D eigenvalue weighted by atomic mass is 16.5. The molecule has 1 amide bonds. The van der Waals surface area contributed by atoms with Crippen molar-refractivity contribution in [1.82, 2.24) is 5.32 Å². The molecule has 1 aliphatic rings. The lowest BCUT2D eigenvalue weighted by atomic mass is 9.89. The third-order valence-corrected chi connectivity index (χ3v) is 5.79. The van der Waals surface area contributed by atoms with Gasteiger partial charge < -0.3 is 30.5 Å². The number of rotatable bonds is 4.